The largest absolute Gasteiger partial charge is 0.496 e. The van der Waals surface area contributed by atoms with E-state index in [1.165, 1.54) is 0 Å². The molecular formula is C19H26N2O4S. The summed E-state index contributed by atoms with van der Waals surface area (Å²) < 4.78 is 28.6. The molecule has 0 radical (unpaired) electrons. The highest BCUT2D eigenvalue weighted by Gasteiger charge is 2.34. The van der Waals surface area contributed by atoms with Crippen molar-refractivity contribution in [1.82, 2.24) is 9.80 Å². The molecule has 2 heterocycles. The Balaban J connectivity index is 1.56. The predicted octanol–water partition coefficient (Wildman–Crippen LogP) is 1.35. The van der Waals surface area contributed by atoms with Gasteiger partial charge in [-0.25, -0.2) is 8.42 Å². The van der Waals surface area contributed by atoms with E-state index in [1.54, 1.807) is 19.3 Å². The molecule has 1 amide bonds. The summed E-state index contributed by atoms with van der Waals surface area (Å²) in [5.41, 5.74) is 1.99. The van der Waals surface area contributed by atoms with Crippen LogP contribution in [0.2, 0.25) is 0 Å². The van der Waals surface area contributed by atoms with Gasteiger partial charge in [0.25, 0.3) is 0 Å². The molecule has 1 atom stereocenters. The van der Waals surface area contributed by atoms with E-state index in [2.05, 4.69) is 4.90 Å². The summed E-state index contributed by atoms with van der Waals surface area (Å²) in [6.07, 6.45) is 4.10. The number of aryl methyl sites for hydroxylation is 1. The molecule has 1 aromatic carbocycles. The Morgan fingerprint density at radius 1 is 1.23 bits per heavy atom. The highest BCUT2D eigenvalue weighted by atomic mass is 32.2. The molecule has 2 fully saturated rings. The molecule has 142 valence electrons. The Morgan fingerprint density at radius 3 is 2.58 bits per heavy atom. The molecule has 2 saturated heterocycles. The summed E-state index contributed by atoms with van der Waals surface area (Å²) in [6, 6.07) is 5.97. The second-order valence-electron chi connectivity index (χ2n) is 7.00. The van der Waals surface area contributed by atoms with E-state index in [-0.39, 0.29) is 23.5 Å². The molecule has 0 aromatic heterocycles. The number of sulfone groups is 1. The molecule has 6 nitrogen and oxygen atoms in total. The van der Waals surface area contributed by atoms with Crippen molar-refractivity contribution in [2.75, 3.05) is 44.8 Å². The summed E-state index contributed by atoms with van der Waals surface area (Å²) >= 11 is 0. The number of benzene rings is 1. The van der Waals surface area contributed by atoms with Crippen LogP contribution in [0.3, 0.4) is 0 Å². The second kappa shape index (κ2) is 7.80. The summed E-state index contributed by atoms with van der Waals surface area (Å²) in [5, 5.41) is 0. The van der Waals surface area contributed by atoms with Crippen molar-refractivity contribution in [1.29, 1.82) is 0 Å². The predicted molar refractivity (Wildman–Crippen MR) is 102 cm³/mol. The number of piperazine rings is 1. The van der Waals surface area contributed by atoms with Crippen molar-refractivity contribution in [2.45, 2.75) is 19.4 Å². The van der Waals surface area contributed by atoms with Gasteiger partial charge in [0, 0.05) is 43.9 Å². The van der Waals surface area contributed by atoms with Crippen molar-refractivity contribution in [3.63, 3.8) is 0 Å². The lowest BCUT2D eigenvalue weighted by atomic mass is 10.1. The molecule has 3 rings (SSSR count). The summed E-state index contributed by atoms with van der Waals surface area (Å²) in [4.78, 5) is 16.5. The van der Waals surface area contributed by atoms with Crippen molar-refractivity contribution in [3.05, 3.63) is 35.4 Å². The van der Waals surface area contributed by atoms with Gasteiger partial charge in [-0.05, 0) is 31.6 Å². The number of ether oxygens (including phenoxy) is 1. The molecular weight excluding hydrogens is 352 g/mol. The zero-order valence-electron chi connectivity index (χ0n) is 15.3. The lowest BCUT2D eigenvalue weighted by molar-refractivity contribution is -0.127. The maximum atomic E-state index is 12.5. The van der Waals surface area contributed by atoms with Gasteiger partial charge >= 0.3 is 0 Å². The Morgan fingerprint density at radius 2 is 1.96 bits per heavy atom. The van der Waals surface area contributed by atoms with E-state index in [0.29, 0.717) is 19.5 Å². The third-order valence-electron chi connectivity index (χ3n) is 5.14. The minimum atomic E-state index is -2.87. The van der Waals surface area contributed by atoms with Crippen LogP contribution in [0.5, 0.6) is 5.75 Å². The smallest absolute Gasteiger partial charge is 0.246 e. The zero-order chi connectivity index (χ0) is 18.7. The Bertz CT molecular complexity index is 796. The SMILES string of the molecule is COc1ccc(C)cc1/C=C/C(=O)N1CCN([C@H]2CCS(=O)(=O)C2)CC1. The first-order valence-corrected chi connectivity index (χ1v) is 10.8. The topological polar surface area (TPSA) is 66.9 Å². The van der Waals surface area contributed by atoms with E-state index >= 15 is 0 Å². The van der Waals surface area contributed by atoms with Crippen LogP contribution in [0.25, 0.3) is 6.08 Å². The zero-order valence-corrected chi connectivity index (χ0v) is 16.2. The highest BCUT2D eigenvalue weighted by molar-refractivity contribution is 7.91. The monoisotopic (exact) mass is 378 g/mol. The minimum absolute atomic E-state index is 0.0211. The van der Waals surface area contributed by atoms with Gasteiger partial charge < -0.3 is 9.64 Å². The van der Waals surface area contributed by atoms with E-state index in [0.717, 1.165) is 30.0 Å². The average Bonchev–Trinajstić information content (AvgIpc) is 3.00. The molecule has 0 spiro atoms. The minimum Gasteiger partial charge on any atom is -0.496 e. The van der Waals surface area contributed by atoms with Crippen molar-refractivity contribution < 1.29 is 17.9 Å². The number of carbonyl (C=O) groups is 1. The molecule has 0 saturated carbocycles. The Labute approximate surface area is 155 Å². The first kappa shape index (κ1) is 18.9. The lowest BCUT2D eigenvalue weighted by Crippen LogP contribution is -2.52. The van der Waals surface area contributed by atoms with Crippen LogP contribution in [0.4, 0.5) is 0 Å². The van der Waals surface area contributed by atoms with Gasteiger partial charge in [-0.1, -0.05) is 11.6 Å². The average molecular weight is 378 g/mol. The molecule has 26 heavy (non-hydrogen) atoms. The number of rotatable bonds is 4. The normalized spacial score (nSPS) is 23.5. The number of hydrogen-bond donors (Lipinski definition) is 0. The van der Waals surface area contributed by atoms with Gasteiger partial charge in [0.1, 0.15) is 5.75 Å². The van der Waals surface area contributed by atoms with Crippen molar-refractivity contribution in [3.8, 4) is 5.75 Å². The first-order valence-electron chi connectivity index (χ1n) is 8.94. The molecule has 0 N–H and O–H groups in total. The second-order valence-corrected chi connectivity index (χ2v) is 9.23. The summed E-state index contributed by atoms with van der Waals surface area (Å²) in [6.45, 7) is 4.72. The van der Waals surface area contributed by atoms with E-state index in [4.69, 9.17) is 4.74 Å². The van der Waals surface area contributed by atoms with Crippen LogP contribution in [0.1, 0.15) is 17.5 Å². The van der Waals surface area contributed by atoms with Crippen LogP contribution < -0.4 is 4.74 Å². The fourth-order valence-electron chi connectivity index (χ4n) is 3.62. The number of nitrogens with zero attached hydrogens (tertiary/aromatic N) is 2. The molecule has 0 aliphatic carbocycles. The van der Waals surface area contributed by atoms with Crippen molar-refractivity contribution in [2.24, 2.45) is 0 Å². The van der Waals surface area contributed by atoms with Gasteiger partial charge in [0.05, 0.1) is 18.6 Å². The standard InChI is InChI=1S/C19H26N2O4S/c1-15-3-5-18(25-2)16(13-15)4-6-19(22)21-10-8-20(9-11-21)17-7-12-26(23,24)14-17/h3-6,13,17H,7-12,14H2,1-2H3/b6-4+/t17-/m0/s1. The number of carbonyl (C=O) groups excluding carboxylic acids is 1. The van der Waals surface area contributed by atoms with Crippen LogP contribution >= 0.6 is 0 Å². The third-order valence-corrected chi connectivity index (χ3v) is 6.89. The van der Waals surface area contributed by atoms with E-state index in [9.17, 15) is 13.2 Å². The molecule has 2 aliphatic rings. The molecule has 0 bridgehead atoms. The van der Waals surface area contributed by atoms with Gasteiger partial charge in [-0.3, -0.25) is 9.69 Å². The van der Waals surface area contributed by atoms with Gasteiger partial charge in [-0.15, -0.1) is 0 Å². The Hall–Kier alpha value is -1.86. The van der Waals surface area contributed by atoms with Gasteiger partial charge in [-0.2, -0.15) is 0 Å². The maximum Gasteiger partial charge on any atom is 0.246 e. The number of methoxy groups -OCH3 is 1. The first-order chi connectivity index (χ1) is 12.4. The third kappa shape index (κ3) is 4.45. The Kier molecular flexibility index (Phi) is 5.67. The van der Waals surface area contributed by atoms with Crippen LogP contribution in [0.15, 0.2) is 24.3 Å². The summed E-state index contributed by atoms with van der Waals surface area (Å²) in [7, 11) is -1.25. The molecule has 1 aromatic rings. The summed E-state index contributed by atoms with van der Waals surface area (Å²) in [5.74, 6) is 1.27. The lowest BCUT2D eigenvalue weighted by Gasteiger charge is -2.37. The fourth-order valence-corrected chi connectivity index (χ4v) is 5.38. The van der Waals surface area contributed by atoms with Crippen LogP contribution in [-0.2, 0) is 14.6 Å². The highest BCUT2D eigenvalue weighted by Crippen LogP contribution is 2.22. The van der Waals surface area contributed by atoms with Crippen molar-refractivity contribution >= 4 is 21.8 Å². The van der Waals surface area contributed by atoms with Crippen LogP contribution in [0, 0.1) is 6.92 Å². The quantitative estimate of drug-likeness (QED) is 0.740. The van der Waals surface area contributed by atoms with E-state index in [1.807, 2.05) is 30.0 Å². The number of hydrogen-bond acceptors (Lipinski definition) is 5. The number of amides is 1. The fraction of sp³-hybridized carbons (Fsp3) is 0.526. The van der Waals surface area contributed by atoms with Gasteiger partial charge in [0.15, 0.2) is 9.84 Å². The van der Waals surface area contributed by atoms with E-state index < -0.39 is 9.84 Å². The van der Waals surface area contributed by atoms with Gasteiger partial charge in [0.2, 0.25) is 5.91 Å². The molecule has 2 aliphatic heterocycles. The molecule has 7 heteroatoms. The van der Waals surface area contributed by atoms with Crippen LogP contribution in [-0.4, -0.2) is 75.0 Å². The molecule has 0 unspecified atom stereocenters. The maximum absolute atomic E-state index is 12.5.